The van der Waals surface area contributed by atoms with Gasteiger partial charge in [0.05, 0.1) is 17.1 Å². The molecule has 102 valence electrons. The van der Waals surface area contributed by atoms with Crippen LogP contribution in [0, 0.1) is 6.92 Å². The highest BCUT2D eigenvalue weighted by molar-refractivity contribution is 7.99. The molecule has 0 aliphatic rings. The number of aryl methyl sites for hydroxylation is 2. The predicted octanol–water partition coefficient (Wildman–Crippen LogP) is 1.44. The molecule has 0 aliphatic heterocycles. The lowest BCUT2D eigenvalue weighted by molar-refractivity contribution is 0.689. The van der Waals surface area contributed by atoms with Crippen LogP contribution in [0.3, 0.4) is 0 Å². The molecule has 1 aromatic carbocycles. The van der Waals surface area contributed by atoms with Gasteiger partial charge in [0.15, 0.2) is 0 Å². The zero-order valence-corrected chi connectivity index (χ0v) is 11.9. The molecule has 2 N–H and O–H groups in total. The summed E-state index contributed by atoms with van der Waals surface area (Å²) in [4.78, 5) is 0. The fourth-order valence-corrected chi connectivity index (χ4v) is 2.74. The Morgan fingerprint density at radius 1 is 1.20 bits per heavy atom. The molecule has 0 fully saturated rings. The van der Waals surface area contributed by atoms with Crippen LogP contribution in [-0.4, -0.2) is 30.0 Å². The first kappa shape index (κ1) is 12.7. The van der Waals surface area contributed by atoms with Gasteiger partial charge < -0.3 is 5.73 Å². The van der Waals surface area contributed by atoms with Gasteiger partial charge in [-0.1, -0.05) is 18.2 Å². The van der Waals surface area contributed by atoms with E-state index in [2.05, 4.69) is 20.6 Å². The molecule has 0 aliphatic carbocycles. The minimum absolute atomic E-state index is 0.644. The lowest BCUT2D eigenvalue weighted by Crippen LogP contribution is -2.00. The zero-order valence-electron chi connectivity index (χ0n) is 11.1. The maximum Gasteiger partial charge on any atom is 0.220 e. The molecule has 0 saturated carbocycles. The van der Waals surface area contributed by atoms with Gasteiger partial charge in [-0.05, 0) is 41.2 Å². The summed E-state index contributed by atoms with van der Waals surface area (Å²) in [5.74, 6) is 0. The summed E-state index contributed by atoms with van der Waals surface area (Å²) in [6, 6.07) is 9.71. The third kappa shape index (κ3) is 2.14. The number of nitrogens with zero attached hydrogens (tertiary/aromatic N) is 6. The van der Waals surface area contributed by atoms with Crippen LogP contribution in [0.15, 0.2) is 40.5 Å². The van der Waals surface area contributed by atoms with E-state index in [1.54, 1.807) is 9.36 Å². The number of aromatic nitrogens is 6. The molecule has 0 bridgehead atoms. The lowest BCUT2D eigenvalue weighted by Gasteiger charge is -2.04. The van der Waals surface area contributed by atoms with E-state index in [0.717, 1.165) is 16.4 Å². The zero-order chi connectivity index (χ0) is 14.1. The van der Waals surface area contributed by atoms with Gasteiger partial charge in [0.25, 0.3) is 0 Å². The van der Waals surface area contributed by atoms with E-state index in [4.69, 9.17) is 5.73 Å². The highest BCUT2D eigenvalue weighted by Crippen LogP contribution is 2.32. The van der Waals surface area contributed by atoms with Crippen molar-refractivity contribution in [3.63, 3.8) is 0 Å². The second kappa shape index (κ2) is 4.97. The van der Waals surface area contributed by atoms with E-state index in [1.807, 2.05) is 44.3 Å². The molecule has 0 unspecified atom stereocenters. The number of para-hydroxylation sites is 1. The summed E-state index contributed by atoms with van der Waals surface area (Å²) in [5, 5.41) is 17.6. The highest BCUT2D eigenvalue weighted by Gasteiger charge is 2.16. The SMILES string of the molecule is Cc1nn(C)c(Sc2nnnn2-c2ccccc2)c1N. The van der Waals surface area contributed by atoms with Crippen LogP contribution < -0.4 is 5.73 Å². The van der Waals surface area contributed by atoms with Crippen LogP contribution in [0.4, 0.5) is 5.69 Å². The van der Waals surface area contributed by atoms with Gasteiger partial charge >= 0.3 is 0 Å². The second-order valence-electron chi connectivity index (χ2n) is 4.24. The maximum absolute atomic E-state index is 6.03. The number of hydrogen-bond donors (Lipinski definition) is 1. The predicted molar refractivity (Wildman–Crippen MR) is 75.6 cm³/mol. The number of nitrogen functional groups attached to an aromatic ring is 1. The fourth-order valence-electron chi connectivity index (χ4n) is 1.83. The van der Waals surface area contributed by atoms with Crippen LogP contribution >= 0.6 is 11.8 Å². The Balaban J connectivity index is 1.99. The molecule has 2 aromatic heterocycles. The first-order valence-corrected chi connectivity index (χ1v) is 6.79. The minimum atomic E-state index is 0.644. The van der Waals surface area contributed by atoms with Crippen molar-refractivity contribution in [2.45, 2.75) is 17.1 Å². The monoisotopic (exact) mass is 287 g/mol. The summed E-state index contributed by atoms with van der Waals surface area (Å²) in [6.45, 7) is 1.87. The average Bonchev–Trinajstić information content (AvgIpc) is 3.01. The number of nitrogens with two attached hydrogens (primary N) is 1. The van der Waals surface area contributed by atoms with Crippen molar-refractivity contribution in [2.24, 2.45) is 7.05 Å². The van der Waals surface area contributed by atoms with Crippen molar-refractivity contribution in [3.8, 4) is 5.69 Å². The van der Waals surface area contributed by atoms with Gasteiger partial charge in [-0.3, -0.25) is 4.68 Å². The van der Waals surface area contributed by atoms with Gasteiger partial charge in [0, 0.05) is 7.05 Å². The van der Waals surface area contributed by atoms with E-state index in [0.29, 0.717) is 10.8 Å². The Bertz CT molecular complexity index is 732. The third-order valence-corrected chi connectivity index (χ3v) is 3.96. The summed E-state index contributed by atoms with van der Waals surface area (Å²) in [6.07, 6.45) is 0. The van der Waals surface area contributed by atoms with Gasteiger partial charge in [-0.15, -0.1) is 5.10 Å². The highest BCUT2D eigenvalue weighted by atomic mass is 32.2. The molecule has 20 heavy (non-hydrogen) atoms. The number of anilines is 1. The van der Waals surface area contributed by atoms with Gasteiger partial charge in [0.2, 0.25) is 5.16 Å². The van der Waals surface area contributed by atoms with E-state index in [1.165, 1.54) is 11.8 Å². The first-order valence-electron chi connectivity index (χ1n) is 5.97. The number of benzene rings is 1. The Morgan fingerprint density at radius 2 is 1.95 bits per heavy atom. The Morgan fingerprint density at radius 3 is 2.60 bits per heavy atom. The molecular weight excluding hydrogens is 274 g/mol. The summed E-state index contributed by atoms with van der Waals surface area (Å²) >= 11 is 1.39. The van der Waals surface area contributed by atoms with E-state index in [9.17, 15) is 0 Å². The van der Waals surface area contributed by atoms with Crippen molar-refractivity contribution in [2.75, 3.05) is 5.73 Å². The van der Waals surface area contributed by atoms with Crippen molar-refractivity contribution in [1.82, 2.24) is 30.0 Å². The molecule has 3 aromatic rings. The molecule has 7 nitrogen and oxygen atoms in total. The van der Waals surface area contributed by atoms with Gasteiger partial charge in [0.1, 0.15) is 5.03 Å². The molecule has 0 saturated heterocycles. The van der Waals surface area contributed by atoms with Crippen molar-refractivity contribution < 1.29 is 0 Å². The Labute approximate surface area is 119 Å². The second-order valence-corrected chi connectivity index (χ2v) is 5.19. The molecule has 0 amide bonds. The first-order chi connectivity index (χ1) is 9.66. The van der Waals surface area contributed by atoms with Crippen LogP contribution in [0.2, 0.25) is 0 Å². The molecule has 0 radical (unpaired) electrons. The topological polar surface area (TPSA) is 87.4 Å². The number of tetrazole rings is 1. The molecule has 3 rings (SSSR count). The number of hydrogen-bond acceptors (Lipinski definition) is 6. The van der Waals surface area contributed by atoms with E-state index < -0.39 is 0 Å². The molecule has 2 heterocycles. The Hall–Kier alpha value is -2.35. The Kier molecular flexibility index (Phi) is 3.15. The third-order valence-electron chi connectivity index (χ3n) is 2.84. The van der Waals surface area contributed by atoms with Gasteiger partial charge in [-0.2, -0.15) is 9.78 Å². The van der Waals surface area contributed by atoms with Crippen LogP contribution in [0.1, 0.15) is 5.69 Å². The van der Waals surface area contributed by atoms with Crippen molar-refractivity contribution >= 4 is 17.4 Å². The van der Waals surface area contributed by atoms with Crippen LogP contribution in [0.5, 0.6) is 0 Å². The van der Waals surface area contributed by atoms with Crippen LogP contribution in [0.25, 0.3) is 5.69 Å². The number of rotatable bonds is 3. The normalized spacial score (nSPS) is 10.9. The maximum atomic E-state index is 6.03. The fraction of sp³-hybridized carbons (Fsp3) is 0.167. The quantitative estimate of drug-likeness (QED) is 0.784. The van der Waals surface area contributed by atoms with E-state index >= 15 is 0 Å². The molecular formula is C12H13N7S. The summed E-state index contributed by atoms with van der Waals surface area (Å²) in [5.41, 5.74) is 8.38. The van der Waals surface area contributed by atoms with Crippen molar-refractivity contribution in [3.05, 3.63) is 36.0 Å². The molecule has 0 spiro atoms. The lowest BCUT2D eigenvalue weighted by atomic mass is 10.3. The minimum Gasteiger partial charge on any atom is -0.395 e. The smallest absolute Gasteiger partial charge is 0.220 e. The summed E-state index contributed by atoms with van der Waals surface area (Å²) in [7, 11) is 1.85. The molecule has 8 heteroatoms. The summed E-state index contributed by atoms with van der Waals surface area (Å²) < 4.78 is 3.41. The van der Waals surface area contributed by atoms with Gasteiger partial charge in [-0.25, -0.2) is 0 Å². The van der Waals surface area contributed by atoms with Crippen molar-refractivity contribution in [1.29, 1.82) is 0 Å². The van der Waals surface area contributed by atoms with E-state index in [-0.39, 0.29) is 0 Å². The van der Waals surface area contributed by atoms with Crippen LogP contribution in [-0.2, 0) is 7.05 Å². The largest absolute Gasteiger partial charge is 0.395 e. The molecule has 0 atom stereocenters. The average molecular weight is 287 g/mol. The standard InChI is InChI=1S/C12H13N7S/c1-8-10(13)11(18(2)15-8)20-12-14-16-17-19(12)9-6-4-3-5-7-9/h3-7H,13H2,1-2H3.